The summed E-state index contributed by atoms with van der Waals surface area (Å²) in [6, 6.07) is 9.24. The Morgan fingerprint density at radius 2 is 1.81 bits per heavy atom. The average Bonchev–Trinajstić information content (AvgIpc) is 2.47. The van der Waals surface area contributed by atoms with E-state index in [1.54, 1.807) is 0 Å². The first-order valence-electron chi connectivity index (χ1n) is 7.30. The van der Waals surface area contributed by atoms with Crippen molar-refractivity contribution < 1.29 is 24.7 Å². The third-order valence-electron chi connectivity index (χ3n) is 3.68. The number of hydrogen-bond acceptors (Lipinski definition) is 4. The molecule has 6 heteroatoms. The highest BCUT2D eigenvalue weighted by Crippen LogP contribution is 2.40. The summed E-state index contributed by atoms with van der Waals surface area (Å²) in [7, 11) is -1.86. The van der Waals surface area contributed by atoms with Crippen LogP contribution in [0, 0.1) is 0 Å². The lowest BCUT2D eigenvalue weighted by atomic mass is 9.53. The molecular weight excluding hydrogens is 271 g/mol. The number of aliphatic carboxylic acids is 1. The van der Waals surface area contributed by atoms with Crippen LogP contribution in [0.5, 0.6) is 5.75 Å². The molecule has 3 N–H and O–H groups in total. The van der Waals surface area contributed by atoms with E-state index >= 15 is 0 Å². The molecule has 1 atom stereocenters. The molecule has 0 bridgehead atoms. The molecule has 0 aliphatic rings. The zero-order chi connectivity index (χ0) is 15.7. The summed E-state index contributed by atoms with van der Waals surface area (Å²) in [5.74, 6) is -0.442. The summed E-state index contributed by atoms with van der Waals surface area (Å²) >= 11 is 0. The van der Waals surface area contributed by atoms with Gasteiger partial charge in [-0.1, -0.05) is 38.0 Å². The Kier molecular flexibility index (Phi) is 7.26. The zero-order valence-electron chi connectivity index (χ0n) is 12.4. The van der Waals surface area contributed by atoms with Gasteiger partial charge in [-0.3, -0.25) is 4.79 Å². The SMILES string of the molecule is CCCCC(CCCOc1ccccc1)(B(O)O)C(=O)O. The molecule has 1 unspecified atom stereocenters. The number of rotatable bonds is 10. The zero-order valence-corrected chi connectivity index (χ0v) is 12.4. The van der Waals surface area contributed by atoms with Crippen LogP contribution in [-0.4, -0.2) is 34.8 Å². The number of carboxylic acid groups (broad SMARTS) is 1. The maximum atomic E-state index is 11.5. The molecule has 0 fully saturated rings. The van der Waals surface area contributed by atoms with Crippen LogP contribution in [0.25, 0.3) is 0 Å². The Morgan fingerprint density at radius 1 is 1.19 bits per heavy atom. The van der Waals surface area contributed by atoms with Gasteiger partial charge in [-0.2, -0.15) is 0 Å². The molecule has 5 nitrogen and oxygen atoms in total. The van der Waals surface area contributed by atoms with Crippen molar-refractivity contribution in [2.24, 2.45) is 0 Å². The fourth-order valence-corrected chi connectivity index (χ4v) is 2.29. The van der Waals surface area contributed by atoms with E-state index in [0.717, 1.165) is 12.2 Å². The molecule has 0 radical (unpaired) electrons. The van der Waals surface area contributed by atoms with Gasteiger partial charge in [0.05, 0.1) is 6.61 Å². The number of benzene rings is 1. The Morgan fingerprint density at radius 3 is 2.33 bits per heavy atom. The van der Waals surface area contributed by atoms with Gasteiger partial charge in [-0.05, 0) is 31.4 Å². The summed E-state index contributed by atoms with van der Waals surface area (Å²) < 4.78 is 5.51. The summed E-state index contributed by atoms with van der Waals surface area (Å²) in [6.45, 7) is 2.28. The van der Waals surface area contributed by atoms with E-state index in [0.29, 0.717) is 19.4 Å². The van der Waals surface area contributed by atoms with Crippen molar-refractivity contribution in [3.63, 3.8) is 0 Å². The lowest BCUT2D eigenvalue weighted by Gasteiger charge is -2.28. The second-order valence-electron chi connectivity index (χ2n) is 5.20. The molecule has 0 aliphatic carbocycles. The molecule has 0 saturated heterocycles. The highest BCUT2D eigenvalue weighted by molar-refractivity contribution is 6.51. The lowest BCUT2D eigenvalue weighted by molar-refractivity contribution is -0.142. The quantitative estimate of drug-likeness (QED) is 0.455. The molecule has 0 saturated carbocycles. The molecule has 1 aromatic rings. The summed E-state index contributed by atoms with van der Waals surface area (Å²) in [6.07, 6.45) is 2.32. The maximum Gasteiger partial charge on any atom is 0.469 e. The molecule has 0 spiro atoms. The summed E-state index contributed by atoms with van der Waals surface area (Å²) in [5, 5.41) is 26.9. The first-order chi connectivity index (χ1) is 10.0. The van der Waals surface area contributed by atoms with Crippen molar-refractivity contribution in [3.05, 3.63) is 30.3 Å². The van der Waals surface area contributed by atoms with Crippen LogP contribution in [0.15, 0.2) is 30.3 Å². The minimum atomic E-state index is -1.86. The molecule has 1 aromatic carbocycles. The highest BCUT2D eigenvalue weighted by Gasteiger charge is 2.48. The number of ether oxygens (including phenoxy) is 1. The number of unbranched alkanes of at least 4 members (excludes halogenated alkanes) is 1. The van der Waals surface area contributed by atoms with E-state index in [9.17, 15) is 19.9 Å². The second-order valence-corrected chi connectivity index (χ2v) is 5.20. The van der Waals surface area contributed by atoms with Crippen molar-refractivity contribution >= 4 is 13.1 Å². The topological polar surface area (TPSA) is 87.0 Å². The van der Waals surface area contributed by atoms with Gasteiger partial charge in [0.15, 0.2) is 0 Å². The maximum absolute atomic E-state index is 11.5. The molecule has 1 rings (SSSR count). The summed E-state index contributed by atoms with van der Waals surface area (Å²) in [5.41, 5.74) is 0. The van der Waals surface area contributed by atoms with Crippen LogP contribution < -0.4 is 4.74 Å². The van der Waals surface area contributed by atoms with E-state index in [1.165, 1.54) is 0 Å². The third kappa shape index (κ3) is 5.06. The van der Waals surface area contributed by atoms with Crippen molar-refractivity contribution in [2.75, 3.05) is 6.61 Å². The van der Waals surface area contributed by atoms with Gasteiger partial charge in [0, 0.05) is 0 Å². The minimum absolute atomic E-state index is 0.173. The van der Waals surface area contributed by atoms with Crippen LogP contribution in [0.1, 0.15) is 39.0 Å². The average molecular weight is 294 g/mol. The fraction of sp³-hybridized carbons (Fsp3) is 0.533. The predicted octanol–water partition coefficient (Wildman–Crippen LogP) is 2.33. The van der Waals surface area contributed by atoms with E-state index in [4.69, 9.17) is 4.74 Å². The van der Waals surface area contributed by atoms with E-state index < -0.39 is 18.4 Å². The molecular formula is C15H23BO5. The van der Waals surface area contributed by atoms with Gasteiger partial charge in [-0.15, -0.1) is 0 Å². The number of para-hydroxylation sites is 1. The fourth-order valence-electron chi connectivity index (χ4n) is 2.29. The van der Waals surface area contributed by atoms with Gasteiger partial charge < -0.3 is 19.9 Å². The molecule has 116 valence electrons. The molecule has 0 aliphatic heterocycles. The van der Waals surface area contributed by atoms with Crippen molar-refractivity contribution in [2.45, 2.75) is 44.3 Å². The van der Waals surface area contributed by atoms with Gasteiger partial charge in [0.25, 0.3) is 0 Å². The van der Waals surface area contributed by atoms with Gasteiger partial charge in [0.2, 0.25) is 0 Å². The Hall–Kier alpha value is -1.53. The Balaban J connectivity index is 2.54. The van der Waals surface area contributed by atoms with Crippen molar-refractivity contribution in [1.82, 2.24) is 0 Å². The van der Waals surface area contributed by atoms with Gasteiger partial charge >= 0.3 is 13.1 Å². The molecule has 21 heavy (non-hydrogen) atoms. The van der Waals surface area contributed by atoms with Crippen molar-refractivity contribution in [1.29, 1.82) is 0 Å². The second kappa shape index (κ2) is 8.69. The lowest BCUT2D eigenvalue weighted by Crippen LogP contribution is -2.40. The van der Waals surface area contributed by atoms with E-state index in [-0.39, 0.29) is 12.8 Å². The molecule has 0 aromatic heterocycles. The van der Waals surface area contributed by atoms with Gasteiger partial charge in [0.1, 0.15) is 11.1 Å². The predicted molar refractivity (Wildman–Crippen MR) is 81.2 cm³/mol. The van der Waals surface area contributed by atoms with Gasteiger partial charge in [-0.25, -0.2) is 0 Å². The number of hydrogen-bond donors (Lipinski definition) is 3. The Bertz CT molecular complexity index is 423. The number of carboxylic acids is 1. The van der Waals surface area contributed by atoms with Crippen molar-refractivity contribution in [3.8, 4) is 5.75 Å². The van der Waals surface area contributed by atoms with E-state index in [1.807, 2.05) is 37.3 Å². The van der Waals surface area contributed by atoms with Crippen LogP contribution in [-0.2, 0) is 4.79 Å². The monoisotopic (exact) mass is 294 g/mol. The van der Waals surface area contributed by atoms with E-state index in [2.05, 4.69) is 0 Å². The standard InChI is InChI=1S/C15H23BO5/c1-2-3-10-15(14(17)18,16(19)20)11-7-12-21-13-8-5-4-6-9-13/h4-6,8-9,19-20H,2-3,7,10-12H2,1H3,(H,17,18). The van der Waals surface area contributed by atoms with Crippen LogP contribution in [0.4, 0.5) is 0 Å². The normalized spacial score (nSPS) is 13.5. The first-order valence-corrected chi connectivity index (χ1v) is 7.30. The Labute approximate surface area is 125 Å². The van der Waals surface area contributed by atoms with Crippen LogP contribution >= 0.6 is 0 Å². The molecule has 0 amide bonds. The number of carbonyl (C=O) groups is 1. The highest BCUT2D eigenvalue weighted by atomic mass is 16.5. The smallest absolute Gasteiger partial charge is 0.469 e. The first kappa shape index (κ1) is 17.5. The van der Waals surface area contributed by atoms with Crippen LogP contribution in [0.3, 0.4) is 0 Å². The van der Waals surface area contributed by atoms with Crippen LogP contribution in [0.2, 0.25) is 5.31 Å². The minimum Gasteiger partial charge on any atom is -0.494 e. The third-order valence-corrected chi connectivity index (χ3v) is 3.68. The molecule has 0 heterocycles. The largest absolute Gasteiger partial charge is 0.494 e. The summed E-state index contributed by atoms with van der Waals surface area (Å²) in [4.78, 5) is 11.5.